The molecule has 2 aromatic rings. The van der Waals surface area contributed by atoms with Crippen LogP contribution < -0.4 is 14.2 Å². The molecule has 0 bridgehead atoms. The molecule has 0 N–H and O–H groups in total. The van der Waals surface area contributed by atoms with Crippen molar-refractivity contribution >= 4 is 5.97 Å². The van der Waals surface area contributed by atoms with Crippen LogP contribution in [0.1, 0.15) is 30.4 Å². The molecule has 0 fully saturated rings. The van der Waals surface area contributed by atoms with E-state index in [-0.39, 0.29) is 5.97 Å². The summed E-state index contributed by atoms with van der Waals surface area (Å²) in [5, 5.41) is 8.87. The smallest absolute Gasteiger partial charge is 0.311 e. The minimum absolute atomic E-state index is 0.292. The summed E-state index contributed by atoms with van der Waals surface area (Å²) in [7, 11) is 1.47. The Balaban J connectivity index is 1.73. The van der Waals surface area contributed by atoms with Gasteiger partial charge in [-0.3, -0.25) is 4.79 Å². The van der Waals surface area contributed by atoms with Crippen molar-refractivity contribution in [1.29, 1.82) is 5.26 Å². The van der Waals surface area contributed by atoms with Crippen molar-refractivity contribution in [2.24, 2.45) is 0 Å². The first kappa shape index (κ1) is 18.3. The second-order valence-electron chi connectivity index (χ2n) is 5.57. The highest BCUT2D eigenvalue weighted by molar-refractivity contribution is 5.73. The summed E-state index contributed by atoms with van der Waals surface area (Å²) >= 11 is 0. The Labute approximate surface area is 147 Å². The van der Waals surface area contributed by atoms with Crippen LogP contribution >= 0.6 is 0 Å². The quantitative estimate of drug-likeness (QED) is 0.412. The van der Waals surface area contributed by atoms with Crippen LogP contribution in [0.2, 0.25) is 0 Å². The lowest BCUT2D eigenvalue weighted by Crippen LogP contribution is -2.09. The molecule has 25 heavy (non-hydrogen) atoms. The number of esters is 1. The minimum atomic E-state index is -0.335. The summed E-state index contributed by atoms with van der Waals surface area (Å²) in [6, 6.07) is 14.6. The number of carbonyl (C=O) groups excluding carboxylic acids is 1. The average molecular weight is 339 g/mol. The number of benzene rings is 2. The van der Waals surface area contributed by atoms with Gasteiger partial charge in [-0.1, -0.05) is 12.1 Å². The van der Waals surface area contributed by atoms with Gasteiger partial charge in [-0.15, -0.1) is 0 Å². The maximum absolute atomic E-state index is 11.9. The third-order valence-electron chi connectivity index (χ3n) is 3.55. The molecule has 0 aromatic heterocycles. The Morgan fingerprint density at radius 1 is 1.12 bits per heavy atom. The van der Waals surface area contributed by atoms with Crippen molar-refractivity contribution in [3.63, 3.8) is 0 Å². The van der Waals surface area contributed by atoms with Gasteiger partial charge in [0.2, 0.25) is 0 Å². The molecule has 0 unspecified atom stereocenters. The number of carbonyl (C=O) groups is 1. The lowest BCUT2D eigenvalue weighted by Gasteiger charge is -2.09. The molecule has 2 rings (SSSR count). The van der Waals surface area contributed by atoms with Gasteiger partial charge >= 0.3 is 5.97 Å². The summed E-state index contributed by atoms with van der Waals surface area (Å²) in [4.78, 5) is 11.9. The fourth-order valence-electron chi connectivity index (χ4n) is 2.26. The molecular formula is C20H21NO4. The van der Waals surface area contributed by atoms with E-state index in [2.05, 4.69) is 0 Å². The van der Waals surface area contributed by atoms with E-state index in [0.29, 0.717) is 36.5 Å². The predicted octanol–water partition coefficient (Wildman–Crippen LogP) is 4.03. The number of ether oxygens (including phenoxy) is 3. The van der Waals surface area contributed by atoms with Crippen LogP contribution in [0.3, 0.4) is 0 Å². The largest absolute Gasteiger partial charge is 0.494 e. The zero-order valence-corrected chi connectivity index (χ0v) is 14.5. The van der Waals surface area contributed by atoms with Gasteiger partial charge in [0.05, 0.1) is 25.3 Å². The van der Waals surface area contributed by atoms with E-state index in [4.69, 9.17) is 19.5 Å². The Morgan fingerprint density at radius 2 is 1.96 bits per heavy atom. The van der Waals surface area contributed by atoms with Gasteiger partial charge < -0.3 is 14.2 Å². The molecule has 130 valence electrons. The molecule has 0 heterocycles. The standard InChI is InChI=1S/C20H21NO4/c1-15-6-5-7-17(12-15)24-11-4-3-8-20(22)25-18-10-9-16(14-21)13-19(18)23-2/h5-7,9-10,12-13H,3-4,8,11H2,1-2H3. The van der Waals surface area contributed by atoms with Crippen LogP contribution in [-0.2, 0) is 4.79 Å². The number of nitriles is 1. The van der Waals surface area contributed by atoms with Gasteiger partial charge in [0, 0.05) is 12.5 Å². The fourth-order valence-corrected chi connectivity index (χ4v) is 2.26. The molecule has 0 aliphatic rings. The van der Waals surface area contributed by atoms with Crippen LogP contribution in [0.25, 0.3) is 0 Å². The van der Waals surface area contributed by atoms with E-state index in [9.17, 15) is 4.79 Å². The number of methoxy groups -OCH3 is 1. The van der Waals surface area contributed by atoms with Gasteiger partial charge in [0.15, 0.2) is 11.5 Å². The third kappa shape index (κ3) is 5.85. The molecule has 0 aliphatic carbocycles. The first-order chi connectivity index (χ1) is 12.1. The number of hydrogen-bond acceptors (Lipinski definition) is 5. The van der Waals surface area contributed by atoms with Crippen molar-refractivity contribution in [3.05, 3.63) is 53.6 Å². The van der Waals surface area contributed by atoms with Crippen molar-refractivity contribution in [2.75, 3.05) is 13.7 Å². The Bertz CT molecular complexity index is 765. The highest BCUT2D eigenvalue weighted by Crippen LogP contribution is 2.28. The van der Waals surface area contributed by atoms with Gasteiger partial charge in [-0.05, 0) is 49.6 Å². The van der Waals surface area contributed by atoms with Crippen LogP contribution in [-0.4, -0.2) is 19.7 Å². The van der Waals surface area contributed by atoms with E-state index in [1.165, 1.54) is 13.2 Å². The van der Waals surface area contributed by atoms with Crippen LogP contribution in [0.5, 0.6) is 17.2 Å². The number of nitrogens with zero attached hydrogens (tertiary/aromatic N) is 1. The average Bonchev–Trinajstić information content (AvgIpc) is 2.61. The third-order valence-corrected chi connectivity index (χ3v) is 3.55. The van der Waals surface area contributed by atoms with E-state index in [1.54, 1.807) is 12.1 Å². The van der Waals surface area contributed by atoms with Crippen LogP contribution in [0, 0.1) is 18.3 Å². The second-order valence-corrected chi connectivity index (χ2v) is 5.57. The van der Waals surface area contributed by atoms with Crippen LogP contribution in [0.15, 0.2) is 42.5 Å². The molecule has 0 spiro atoms. The van der Waals surface area contributed by atoms with E-state index in [1.807, 2.05) is 37.3 Å². The molecule has 0 atom stereocenters. The zero-order valence-electron chi connectivity index (χ0n) is 14.5. The van der Waals surface area contributed by atoms with Crippen molar-refractivity contribution in [1.82, 2.24) is 0 Å². The molecule has 0 amide bonds. The first-order valence-corrected chi connectivity index (χ1v) is 8.10. The van der Waals surface area contributed by atoms with Gasteiger partial charge in [0.1, 0.15) is 5.75 Å². The summed E-state index contributed by atoms with van der Waals surface area (Å²) in [5.74, 6) is 1.20. The summed E-state index contributed by atoms with van der Waals surface area (Å²) in [6.07, 6.45) is 1.72. The van der Waals surface area contributed by atoms with Gasteiger partial charge in [-0.25, -0.2) is 0 Å². The molecule has 0 aliphatic heterocycles. The summed E-state index contributed by atoms with van der Waals surface area (Å²) in [5.41, 5.74) is 1.60. The maximum atomic E-state index is 11.9. The molecule has 5 heteroatoms. The second kappa shape index (κ2) is 9.33. The number of unbranched alkanes of at least 4 members (excludes halogenated alkanes) is 1. The fraction of sp³-hybridized carbons (Fsp3) is 0.300. The Hall–Kier alpha value is -3.00. The van der Waals surface area contributed by atoms with Gasteiger partial charge in [0.25, 0.3) is 0 Å². The summed E-state index contributed by atoms with van der Waals surface area (Å²) in [6.45, 7) is 2.57. The predicted molar refractivity (Wildman–Crippen MR) is 93.9 cm³/mol. The van der Waals surface area contributed by atoms with E-state index >= 15 is 0 Å². The minimum Gasteiger partial charge on any atom is -0.494 e. The van der Waals surface area contributed by atoms with Crippen LogP contribution in [0.4, 0.5) is 0 Å². The van der Waals surface area contributed by atoms with Crippen molar-refractivity contribution < 1.29 is 19.0 Å². The number of rotatable bonds is 8. The Kier molecular flexibility index (Phi) is 6.85. The molecule has 0 radical (unpaired) electrons. The Morgan fingerprint density at radius 3 is 2.68 bits per heavy atom. The molecule has 2 aromatic carbocycles. The lowest BCUT2D eigenvalue weighted by atomic mass is 10.2. The highest BCUT2D eigenvalue weighted by Gasteiger charge is 2.11. The normalized spacial score (nSPS) is 9.96. The SMILES string of the molecule is COc1cc(C#N)ccc1OC(=O)CCCCOc1cccc(C)c1. The van der Waals surface area contributed by atoms with E-state index in [0.717, 1.165) is 17.7 Å². The molecule has 5 nitrogen and oxygen atoms in total. The van der Waals surface area contributed by atoms with Crippen molar-refractivity contribution in [2.45, 2.75) is 26.2 Å². The molecular weight excluding hydrogens is 318 g/mol. The maximum Gasteiger partial charge on any atom is 0.311 e. The number of aryl methyl sites for hydroxylation is 1. The van der Waals surface area contributed by atoms with Crippen molar-refractivity contribution in [3.8, 4) is 23.3 Å². The first-order valence-electron chi connectivity index (χ1n) is 8.10. The molecule has 0 saturated heterocycles. The topological polar surface area (TPSA) is 68.5 Å². The van der Waals surface area contributed by atoms with E-state index < -0.39 is 0 Å². The monoisotopic (exact) mass is 339 g/mol. The number of hydrogen-bond donors (Lipinski definition) is 0. The molecule has 0 saturated carbocycles. The van der Waals surface area contributed by atoms with Gasteiger partial charge in [-0.2, -0.15) is 5.26 Å². The highest BCUT2D eigenvalue weighted by atomic mass is 16.6. The lowest BCUT2D eigenvalue weighted by molar-refractivity contribution is -0.134. The zero-order chi connectivity index (χ0) is 18.1. The summed E-state index contributed by atoms with van der Waals surface area (Å²) < 4.78 is 16.1.